The number of allylic oxidation sites excluding steroid dienone is 1. The third-order valence-corrected chi connectivity index (χ3v) is 7.77. The van der Waals surface area contributed by atoms with Gasteiger partial charge in [-0.3, -0.25) is 9.59 Å². The first kappa shape index (κ1) is 21.5. The highest BCUT2D eigenvalue weighted by molar-refractivity contribution is 6.06. The molecule has 1 saturated heterocycles. The normalized spacial score (nSPS) is 27.7. The summed E-state index contributed by atoms with van der Waals surface area (Å²) in [6.07, 6.45) is 7.55. The minimum Gasteiger partial charge on any atom is -0.487 e. The molecule has 178 valence electrons. The molecule has 1 aromatic carbocycles. The average molecular weight is 462 g/mol. The summed E-state index contributed by atoms with van der Waals surface area (Å²) in [6.45, 7) is 9.01. The van der Waals surface area contributed by atoms with Gasteiger partial charge in [0.05, 0.1) is 11.6 Å². The smallest absolute Gasteiger partial charge is 0.274 e. The summed E-state index contributed by atoms with van der Waals surface area (Å²) in [7, 11) is 1.74. The molecule has 0 spiro atoms. The molecule has 2 aromatic rings. The van der Waals surface area contributed by atoms with Gasteiger partial charge in [-0.15, -0.1) is 0 Å². The Bertz CT molecular complexity index is 1300. The van der Waals surface area contributed by atoms with Crippen molar-refractivity contribution in [3.8, 4) is 5.75 Å². The van der Waals surface area contributed by atoms with Crippen molar-refractivity contribution in [3.05, 3.63) is 53.0 Å². The zero-order valence-electron chi connectivity index (χ0n) is 20.4. The van der Waals surface area contributed by atoms with Crippen molar-refractivity contribution in [2.24, 2.45) is 0 Å². The molecule has 0 saturated carbocycles. The number of aromatic amines is 1. The predicted molar refractivity (Wildman–Crippen MR) is 128 cm³/mol. The summed E-state index contributed by atoms with van der Waals surface area (Å²) < 4.78 is 12.2. The largest absolute Gasteiger partial charge is 0.487 e. The molecule has 2 amide bonds. The average Bonchev–Trinajstić information content (AvgIpc) is 3.40. The lowest BCUT2D eigenvalue weighted by molar-refractivity contribution is -0.147. The van der Waals surface area contributed by atoms with Crippen LogP contribution in [-0.4, -0.2) is 51.9 Å². The second kappa shape index (κ2) is 6.98. The zero-order valence-corrected chi connectivity index (χ0v) is 20.4. The molecule has 2 unspecified atom stereocenters. The Kier molecular flexibility index (Phi) is 4.41. The van der Waals surface area contributed by atoms with Crippen LogP contribution in [0.1, 0.15) is 63.5 Å². The first-order valence-corrected chi connectivity index (χ1v) is 12.0. The van der Waals surface area contributed by atoms with Gasteiger partial charge in [0.2, 0.25) is 0 Å². The second-order valence-electron chi connectivity index (χ2n) is 11.0. The lowest BCUT2D eigenvalue weighted by Crippen LogP contribution is -2.56. The molecule has 4 aliphatic heterocycles. The molecule has 34 heavy (non-hydrogen) atoms. The van der Waals surface area contributed by atoms with Gasteiger partial charge in [-0.05, 0) is 38.0 Å². The number of nitrogens with one attached hydrogen (secondary N) is 1. The zero-order chi connectivity index (χ0) is 24.0. The summed E-state index contributed by atoms with van der Waals surface area (Å²) in [4.78, 5) is 33.8. The van der Waals surface area contributed by atoms with E-state index >= 15 is 0 Å². The standard InChI is InChI=1S/C27H31N3O4/c1-26(2)10-12-30-18(25(32)29-11-6-7-17(29)24(30)31)13-16-15-8-9-19-21(22(15)28-23(16)26)20(33-5)14-27(3,4)34-19/h7-10,12,18,20,28H,6,11,13-14H2,1-5H3/b12-10-. The summed E-state index contributed by atoms with van der Waals surface area (Å²) >= 11 is 0. The van der Waals surface area contributed by atoms with Crippen LogP contribution in [0.15, 0.2) is 36.2 Å². The van der Waals surface area contributed by atoms with Crippen molar-refractivity contribution in [1.82, 2.24) is 14.8 Å². The molecule has 6 rings (SSSR count). The Hall–Kier alpha value is -3.06. The van der Waals surface area contributed by atoms with Crippen LogP contribution >= 0.6 is 0 Å². The number of methoxy groups -OCH3 is 1. The number of hydrogen-bond donors (Lipinski definition) is 1. The number of fused-ring (bicyclic) bond motifs is 7. The van der Waals surface area contributed by atoms with Crippen LogP contribution < -0.4 is 4.74 Å². The molecule has 7 heteroatoms. The first-order chi connectivity index (χ1) is 16.1. The fourth-order valence-electron chi connectivity index (χ4n) is 6.05. The van der Waals surface area contributed by atoms with E-state index in [2.05, 4.69) is 38.7 Å². The quantitative estimate of drug-likeness (QED) is 0.694. The summed E-state index contributed by atoms with van der Waals surface area (Å²) in [5, 5.41) is 1.06. The van der Waals surface area contributed by atoms with Crippen molar-refractivity contribution in [2.75, 3.05) is 13.7 Å². The van der Waals surface area contributed by atoms with Crippen molar-refractivity contribution in [2.45, 2.75) is 70.1 Å². The Morgan fingerprint density at radius 3 is 2.74 bits per heavy atom. The molecule has 1 N–H and O–H groups in total. The number of ether oxygens (including phenoxy) is 2. The molecular weight excluding hydrogens is 430 g/mol. The maximum atomic E-state index is 13.5. The van der Waals surface area contributed by atoms with Gasteiger partial charge >= 0.3 is 0 Å². The number of amides is 2. The minimum atomic E-state index is -0.558. The number of carbonyl (C=O) groups excluding carboxylic acids is 2. The maximum absolute atomic E-state index is 13.5. The van der Waals surface area contributed by atoms with Gasteiger partial charge in [-0.2, -0.15) is 0 Å². The number of piperazine rings is 1. The van der Waals surface area contributed by atoms with E-state index in [1.165, 1.54) is 0 Å². The van der Waals surface area contributed by atoms with Gasteiger partial charge in [-0.25, -0.2) is 0 Å². The van der Waals surface area contributed by atoms with Crippen LogP contribution in [-0.2, 0) is 26.2 Å². The van der Waals surface area contributed by atoms with Crippen molar-refractivity contribution >= 4 is 22.7 Å². The Morgan fingerprint density at radius 2 is 1.97 bits per heavy atom. The van der Waals surface area contributed by atoms with Crippen molar-refractivity contribution in [1.29, 1.82) is 0 Å². The third kappa shape index (κ3) is 2.92. The van der Waals surface area contributed by atoms with E-state index in [9.17, 15) is 9.59 Å². The van der Waals surface area contributed by atoms with Gasteiger partial charge in [0, 0.05) is 54.8 Å². The van der Waals surface area contributed by atoms with E-state index in [1.54, 1.807) is 16.9 Å². The highest BCUT2D eigenvalue weighted by atomic mass is 16.5. The van der Waals surface area contributed by atoms with Gasteiger partial charge in [0.1, 0.15) is 23.1 Å². The Labute approximate surface area is 199 Å². The number of rotatable bonds is 1. The van der Waals surface area contributed by atoms with E-state index in [0.29, 0.717) is 18.7 Å². The van der Waals surface area contributed by atoms with Gasteiger partial charge in [0.15, 0.2) is 0 Å². The van der Waals surface area contributed by atoms with Crippen molar-refractivity contribution < 1.29 is 19.1 Å². The number of benzene rings is 1. The maximum Gasteiger partial charge on any atom is 0.274 e. The molecule has 0 radical (unpaired) electrons. The second-order valence-corrected chi connectivity index (χ2v) is 11.0. The predicted octanol–water partition coefficient (Wildman–Crippen LogP) is 4.09. The van der Waals surface area contributed by atoms with E-state index in [0.717, 1.165) is 46.3 Å². The monoisotopic (exact) mass is 461 g/mol. The SMILES string of the molecule is COC1CC(C)(C)Oc2ccc3c4c([nH]c3c21)C(C)(C)/C=C\N1C(=O)C2=CCCN2C(=O)C1C4. The van der Waals surface area contributed by atoms with E-state index in [4.69, 9.17) is 9.47 Å². The van der Waals surface area contributed by atoms with Crippen LogP contribution in [0.25, 0.3) is 10.9 Å². The molecule has 1 aromatic heterocycles. The highest BCUT2D eigenvalue weighted by Gasteiger charge is 2.46. The summed E-state index contributed by atoms with van der Waals surface area (Å²) in [5.41, 5.74) is 3.99. The molecule has 0 bridgehead atoms. The lowest BCUT2D eigenvalue weighted by atomic mass is 9.82. The van der Waals surface area contributed by atoms with E-state index < -0.39 is 6.04 Å². The van der Waals surface area contributed by atoms with Crippen molar-refractivity contribution in [3.63, 3.8) is 0 Å². The van der Waals surface area contributed by atoms with Gasteiger partial charge < -0.3 is 24.3 Å². The fraction of sp³-hybridized carbons (Fsp3) is 0.481. The molecule has 7 nitrogen and oxygen atoms in total. The van der Waals surface area contributed by atoms with Crippen LogP contribution in [0, 0.1) is 0 Å². The molecule has 4 aliphatic rings. The van der Waals surface area contributed by atoms with Gasteiger partial charge in [0.25, 0.3) is 11.8 Å². The number of H-pyrrole nitrogens is 1. The Balaban J connectivity index is 1.54. The minimum absolute atomic E-state index is 0.00850. The number of carbonyl (C=O) groups is 2. The highest BCUT2D eigenvalue weighted by Crippen LogP contribution is 2.47. The number of hydrogen-bond acceptors (Lipinski definition) is 4. The first-order valence-electron chi connectivity index (χ1n) is 12.0. The fourth-order valence-corrected chi connectivity index (χ4v) is 6.05. The molecule has 5 heterocycles. The molecule has 0 aliphatic carbocycles. The van der Waals surface area contributed by atoms with Crippen LogP contribution in [0.4, 0.5) is 0 Å². The summed E-state index contributed by atoms with van der Waals surface area (Å²) in [6, 6.07) is 3.55. The van der Waals surface area contributed by atoms with Crippen LogP contribution in [0.3, 0.4) is 0 Å². The molecule has 2 atom stereocenters. The number of aromatic nitrogens is 1. The molecular formula is C27H31N3O4. The van der Waals surface area contributed by atoms with E-state index in [1.807, 2.05) is 24.4 Å². The summed E-state index contributed by atoms with van der Waals surface area (Å²) in [5.74, 6) is 0.728. The van der Waals surface area contributed by atoms with Crippen LogP contribution in [0.5, 0.6) is 5.75 Å². The molecule has 1 fully saturated rings. The van der Waals surface area contributed by atoms with Gasteiger partial charge in [-0.1, -0.05) is 26.0 Å². The Morgan fingerprint density at radius 1 is 1.18 bits per heavy atom. The lowest BCUT2D eigenvalue weighted by Gasteiger charge is -2.40. The topological polar surface area (TPSA) is 74.9 Å². The van der Waals surface area contributed by atoms with E-state index in [-0.39, 0.29) is 28.9 Å². The number of nitrogens with zero attached hydrogens (tertiary/aromatic N) is 2. The van der Waals surface area contributed by atoms with Crippen LogP contribution in [0.2, 0.25) is 0 Å². The third-order valence-electron chi connectivity index (χ3n) is 7.77.